The second-order valence-electron chi connectivity index (χ2n) is 2.65. The van der Waals surface area contributed by atoms with Gasteiger partial charge < -0.3 is 11.5 Å². The second kappa shape index (κ2) is 2.81. The number of carbonyl (C=O) groups is 2. The Morgan fingerprint density at radius 1 is 1.36 bits per heavy atom. The molecule has 6 nitrogen and oxygen atoms in total. The first-order valence-electron chi connectivity index (χ1n) is 3.67. The van der Waals surface area contributed by atoms with Gasteiger partial charge in [0.05, 0.1) is 15.1 Å². The van der Waals surface area contributed by atoms with Gasteiger partial charge in [0.1, 0.15) is 0 Å². The maximum atomic E-state index is 10.9. The fourth-order valence-corrected chi connectivity index (χ4v) is 2.06. The van der Waals surface area contributed by atoms with E-state index in [9.17, 15) is 9.59 Å². The molecule has 0 aliphatic carbocycles. The molecule has 2 aromatic rings. The summed E-state index contributed by atoms with van der Waals surface area (Å²) in [5.41, 5.74) is 10.9. The Morgan fingerprint density at radius 3 is 2.64 bits per heavy atom. The third-order valence-electron chi connectivity index (χ3n) is 1.71. The first-order chi connectivity index (χ1) is 6.59. The van der Waals surface area contributed by atoms with E-state index < -0.39 is 11.8 Å². The molecule has 7 heteroatoms. The van der Waals surface area contributed by atoms with E-state index in [0.717, 1.165) is 11.3 Å². The maximum absolute atomic E-state index is 10.9. The van der Waals surface area contributed by atoms with Gasteiger partial charge in [0.15, 0.2) is 5.69 Å². The van der Waals surface area contributed by atoms with E-state index in [1.807, 2.05) is 0 Å². The predicted molar refractivity (Wildman–Crippen MR) is 51.0 cm³/mol. The van der Waals surface area contributed by atoms with Gasteiger partial charge in [-0.05, 0) is 6.07 Å². The SMILES string of the molecule is NC(=O)c1cc2[nH]nc(C(N)=O)c2s1. The third-order valence-corrected chi connectivity index (χ3v) is 2.87. The van der Waals surface area contributed by atoms with Crippen molar-refractivity contribution in [3.05, 3.63) is 16.6 Å². The Hall–Kier alpha value is -1.89. The van der Waals surface area contributed by atoms with Gasteiger partial charge in [0.2, 0.25) is 0 Å². The van der Waals surface area contributed by atoms with Gasteiger partial charge >= 0.3 is 0 Å². The minimum atomic E-state index is -0.630. The number of nitrogens with one attached hydrogen (secondary N) is 1. The summed E-state index contributed by atoms with van der Waals surface area (Å²) in [7, 11) is 0. The molecule has 0 unspecified atom stereocenters. The molecular weight excluding hydrogens is 204 g/mol. The molecule has 14 heavy (non-hydrogen) atoms. The molecule has 0 saturated carbocycles. The lowest BCUT2D eigenvalue weighted by atomic mass is 10.3. The van der Waals surface area contributed by atoms with Crippen LogP contribution < -0.4 is 11.5 Å². The van der Waals surface area contributed by atoms with Gasteiger partial charge in [-0.2, -0.15) is 5.10 Å². The van der Waals surface area contributed by atoms with E-state index >= 15 is 0 Å². The van der Waals surface area contributed by atoms with Gasteiger partial charge in [-0.1, -0.05) is 0 Å². The number of carbonyl (C=O) groups excluding carboxylic acids is 2. The Morgan fingerprint density at radius 2 is 2.07 bits per heavy atom. The average molecular weight is 210 g/mol. The number of hydrogen-bond donors (Lipinski definition) is 3. The van der Waals surface area contributed by atoms with Crippen LogP contribution in [0.2, 0.25) is 0 Å². The van der Waals surface area contributed by atoms with E-state index in [1.165, 1.54) is 0 Å². The molecule has 0 saturated heterocycles. The zero-order chi connectivity index (χ0) is 10.3. The smallest absolute Gasteiger partial charge is 0.270 e. The van der Waals surface area contributed by atoms with Crippen molar-refractivity contribution in [3.8, 4) is 0 Å². The minimum Gasteiger partial charge on any atom is -0.365 e. The lowest BCUT2D eigenvalue weighted by molar-refractivity contribution is 0.0991. The predicted octanol–water partition coefficient (Wildman–Crippen LogP) is -0.178. The number of aromatic amines is 1. The molecule has 2 rings (SSSR count). The molecule has 0 aliphatic rings. The molecule has 2 aromatic heterocycles. The molecule has 0 bridgehead atoms. The zero-order valence-electron chi connectivity index (χ0n) is 6.90. The molecule has 0 radical (unpaired) electrons. The van der Waals surface area contributed by atoms with Crippen LogP contribution in [0.4, 0.5) is 0 Å². The second-order valence-corrected chi connectivity index (χ2v) is 3.71. The number of rotatable bonds is 2. The van der Waals surface area contributed by atoms with Crippen LogP contribution in [0.1, 0.15) is 20.2 Å². The molecular formula is C7H6N4O2S. The van der Waals surface area contributed by atoms with Gasteiger partial charge in [0.25, 0.3) is 11.8 Å². The number of H-pyrrole nitrogens is 1. The highest BCUT2D eigenvalue weighted by Crippen LogP contribution is 2.26. The van der Waals surface area contributed by atoms with Crippen molar-refractivity contribution >= 4 is 33.4 Å². The summed E-state index contributed by atoms with van der Waals surface area (Å²) in [6.07, 6.45) is 0. The van der Waals surface area contributed by atoms with E-state index in [4.69, 9.17) is 11.5 Å². The van der Waals surface area contributed by atoms with E-state index in [-0.39, 0.29) is 5.69 Å². The van der Waals surface area contributed by atoms with Crippen molar-refractivity contribution < 1.29 is 9.59 Å². The maximum Gasteiger partial charge on any atom is 0.270 e. The lowest BCUT2D eigenvalue weighted by Crippen LogP contribution is -2.11. The summed E-state index contributed by atoms with van der Waals surface area (Å²) < 4.78 is 0.561. The number of hydrogen-bond acceptors (Lipinski definition) is 4. The van der Waals surface area contributed by atoms with E-state index in [1.54, 1.807) is 6.07 Å². The first-order valence-corrected chi connectivity index (χ1v) is 4.48. The Labute approximate surface area is 81.9 Å². The number of amides is 2. The molecule has 0 fully saturated rings. The van der Waals surface area contributed by atoms with Crippen molar-refractivity contribution in [2.45, 2.75) is 0 Å². The lowest BCUT2D eigenvalue weighted by Gasteiger charge is -1.85. The van der Waals surface area contributed by atoms with Gasteiger partial charge in [-0.3, -0.25) is 14.7 Å². The van der Waals surface area contributed by atoms with Crippen molar-refractivity contribution in [3.63, 3.8) is 0 Å². The average Bonchev–Trinajstić information content (AvgIpc) is 2.58. The van der Waals surface area contributed by atoms with Crippen LogP contribution in [0.25, 0.3) is 10.2 Å². The topological polar surface area (TPSA) is 115 Å². The molecule has 2 amide bonds. The van der Waals surface area contributed by atoms with Crippen LogP contribution in [0, 0.1) is 0 Å². The van der Waals surface area contributed by atoms with Crippen LogP contribution in [-0.2, 0) is 0 Å². The monoisotopic (exact) mass is 210 g/mol. The van der Waals surface area contributed by atoms with Crippen molar-refractivity contribution in [1.29, 1.82) is 0 Å². The summed E-state index contributed by atoms with van der Waals surface area (Å²) in [4.78, 5) is 22.1. The summed E-state index contributed by atoms with van der Waals surface area (Å²) in [6, 6.07) is 1.54. The molecule has 0 spiro atoms. The number of thiophene rings is 1. The highest BCUT2D eigenvalue weighted by Gasteiger charge is 2.15. The van der Waals surface area contributed by atoms with Crippen molar-refractivity contribution in [2.24, 2.45) is 11.5 Å². The van der Waals surface area contributed by atoms with Gasteiger partial charge in [0, 0.05) is 0 Å². The molecule has 5 N–H and O–H groups in total. The fraction of sp³-hybridized carbons (Fsp3) is 0. The quantitative estimate of drug-likeness (QED) is 0.638. The third kappa shape index (κ3) is 1.14. The van der Waals surface area contributed by atoms with Crippen molar-refractivity contribution in [2.75, 3.05) is 0 Å². The molecule has 72 valence electrons. The summed E-state index contributed by atoms with van der Waals surface area (Å²) in [5, 5.41) is 6.31. The van der Waals surface area contributed by atoms with Gasteiger partial charge in [-0.15, -0.1) is 11.3 Å². The number of primary amides is 2. The number of nitrogens with two attached hydrogens (primary N) is 2. The Kier molecular flexibility index (Phi) is 1.74. The highest BCUT2D eigenvalue weighted by molar-refractivity contribution is 7.21. The molecule has 2 heterocycles. The molecule has 0 atom stereocenters. The number of nitrogens with zero attached hydrogens (tertiary/aromatic N) is 1. The standard InChI is InChI=1S/C7H6N4O2S/c8-6(12)3-1-2-5(14-3)4(7(9)13)11-10-2/h1H,(H2,8,12)(H2,9,13)(H,10,11). The summed E-state index contributed by atoms with van der Waals surface area (Å²) >= 11 is 1.10. The van der Waals surface area contributed by atoms with Crippen LogP contribution in [0.15, 0.2) is 6.07 Å². The molecule has 0 aliphatic heterocycles. The Balaban J connectivity index is 2.67. The zero-order valence-corrected chi connectivity index (χ0v) is 7.72. The largest absolute Gasteiger partial charge is 0.365 e. The van der Waals surface area contributed by atoms with Crippen LogP contribution in [0.3, 0.4) is 0 Å². The van der Waals surface area contributed by atoms with Gasteiger partial charge in [-0.25, -0.2) is 0 Å². The Bertz CT molecular complexity index is 527. The number of fused-ring (bicyclic) bond motifs is 1. The van der Waals surface area contributed by atoms with Crippen molar-refractivity contribution in [1.82, 2.24) is 10.2 Å². The van der Waals surface area contributed by atoms with Crippen LogP contribution in [0.5, 0.6) is 0 Å². The highest BCUT2D eigenvalue weighted by atomic mass is 32.1. The normalized spacial score (nSPS) is 10.6. The summed E-state index contributed by atoms with van der Waals surface area (Å²) in [5.74, 6) is -1.16. The van der Waals surface area contributed by atoms with Crippen LogP contribution >= 0.6 is 11.3 Å². The van der Waals surface area contributed by atoms with E-state index in [2.05, 4.69) is 10.2 Å². The first kappa shape index (κ1) is 8.70. The summed E-state index contributed by atoms with van der Waals surface area (Å²) in [6.45, 7) is 0. The minimum absolute atomic E-state index is 0.137. The number of aromatic nitrogens is 2. The van der Waals surface area contributed by atoms with E-state index in [0.29, 0.717) is 15.1 Å². The molecule has 0 aromatic carbocycles. The van der Waals surface area contributed by atoms with Crippen LogP contribution in [-0.4, -0.2) is 22.0 Å². The fourth-order valence-electron chi connectivity index (χ4n) is 1.11.